The van der Waals surface area contributed by atoms with E-state index in [9.17, 15) is 9.59 Å². The molecule has 0 aromatic carbocycles. The van der Waals surface area contributed by atoms with Crippen molar-refractivity contribution in [3.05, 3.63) is 32.1 Å². The van der Waals surface area contributed by atoms with Crippen molar-refractivity contribution in [1.29, 1.82) is 5.26 Å². The molecular weight excluding hydrogens is 260 g/mol. The summed E-state index contributed by atoms with van der Waals surface area (Å²) < 4.78 is 6.73. The molecule has 0 atom stereocenters. The largest absolute Gasteiger partial charge is 0.379 e. The molecule has 0 aliphatic carbocycles. The number of rotatable bonds is 4. The fourth-order valence-corrected chi connectivity index (χ4v) is 2.36. The number of nitriles is 1. The van der Waals surface area contributed by atoms with Crippen LogP contribution in [0.1, 0.15) is 17.7 Å². The minimum atomic E-state index is -0.612. The van der Waals surface area contributed by atoms with Crippen LogP contribution >= 0.6 is 0 Å². The number of H-pyrrole nitrogens is 1. The summed E-state index contributed by atoms with van der Waals surface area (Å²) in [6, 6.07) is 1.84. The molecule has 1 N–H and O–H groups in total. The molecule has 1 aromatic heterocycles. The van der Waals surface area contributed by atoms with Gasteiger partial charge in [0.15, 0.2) is 0 Å². The number of hydrogen-bond acceptors (Lipinski definition) is 5. The van der Waals surface area contributed by atoms with Crippen molar-refractivity contribution in [2.45, 2.75) is 19.9 Å². The van der Waals surface area contributed by atoms with E-state index in [2.05, 4.69) is 9.88 Å². The maximum atomic E-state index is 11.8. The first-order valence-corrected chi connectivity index (χ1v) is 6.67. The van der Waals surface area contributed by atoms with E-state index < -0.39 is 11.2 Å². The molecule has 1 fully saturated rings. The zero-order valence-electron chi connectivity index (χ0n) is 11.5. The van der Waals surface area contributed by atoms with Gasteiger partial charge in [-0.15, -0.1) is 0 Å². The number of morpholine rings is 1. The lowest BCUT2D eigenvalue weighted by molar-refractivity contribution is 0.0368. The van der Waals surface area contributed by atoms with Crippen molar-refractivity contribution in [2.75, 3.05) is 32.8 Å². The van der Waals surface area contributed by atoms with Crippen molar-refractivity contribution in [3.8, 4) is 6.07 Å². The first-order valence-electron chi connectivity index (χ1n) is 6.67. The third-order valence-corrected chi connectivity index (χ3v) is 3.53. The zero-order chi connectivity index (χ0) is 14.5. The highest BCUT2D eigenvalue weighted by atomic mass is 16.5. The van der Waals surface area contributed by atoms with Gasteiger partial charge in [0.1, 0.15) is 11.6 Å². The third-order valence-electron chi connectivity index (χ3n) is 3.53. The van der Waals surface area contributed by atoms with E-state index >= 15 is 0 Å². The Kier molecular flexibility index (Phi) is 4.71. The van der Waals surface area contributed by atoms with Gasteiger partial charge in [-0.3, -0.25) is 19.2 Å². The van der Waals surface area contributed by atoms with Gasteiger partial charge >= 0.3 is 5.69 Å². The molecule has 1 aliphatic rings. The van der Waals surface area contributed by atoms with E-state index in [0.29, 0.717) is 12.2 Å². The van der Waals surface area contributed by atoms with Crippen molar-refractivity contribution in [2.24, 2.45) is 0 Å². The molecule has 0 radical (unpaired) electrons. The van der Waals surface area contributed by atoms with Crippen LogP contribution in [0.5, 0.6) is 0 Å². The monoisotopic (exact) mass is 278 g/mol. The van der Waals surface area contributed by atoms with Crippen molar-refractivity contribution in [1.82, 2.24) is 14.5 Å². The molecule has 0 bridgehead atoms. The van der Waals surface area contributed by atoms with Crippen molar-refractivity contribution in [3.63, 3.8) is 0 Å². The highest BCUT2D eigenvalue weighted by molar-refractivity contribution is 5.29. The first-order chi connectivity index (χ1) is 9.63. The van der Waals surface area contributed by atoms with Gasteiger partial charge in [0, 0.05) is 31.9 Å². The maximum Gasteiger partial charge on any atom is 0.328 e. The number of aromatic nitrogens is 2. The lowest BCUT2D eigenvalue weighted by atomic mass is 10.2. The van der Waals surface area contributed by atoms with E-state index in [1.54, 1.807) is 6.92 Å². The van der Waals surface area contributed by atoms with Crippen LogP contribution < -0.4 is 11.2 Å². The van der Waals surface area contributed by atoms with Gasteiger partial charge in [0.05, 0.1) is 13.2 Å². The summed E-state index contributed by atoms with van der Waals surface area (Å²) in [6.07, 6.45) is 0.789. The predicted octanol–water partition coefficient (Wildman–Crippen LogP) is -0.561. The summed E-state index contributed by atoms with van der Waals surface area (Å²) in [5, 5.41) is 8.94. The summed E-state index contributed by atoms with van der Waals surface area (Å²) in [7, 11) is 0. The molecule has 2 heterocycles. The molecule has 7 nitrogen and oxygen atoms in total. The van der Waals surface area contributed by atoms with E-state index in [4.69, 9.17) is 10.00 Å². The van der Waals surface area contributed by atoms with Gasteiger partial charge in [-0.25, -0.2) is 4.79 Å². The second-order valence-electron chi connectivity index (χ2n) is 4.79. The average Bonchev–Trinajstić information content (AvgIpc) is 2.44. The molecule has 0 spiro atoms. The lowest BCUT2D eigenvalue weighted by Gasteiger charge is -2.26. The Balaban J connectivity index is 2.04. The topological polar surface area (TPSA) is 91.1 Å². The Morgan fingerprint density at radius 3 is 2.65 bits per heavy atom. The lowest BCUT2D eigenvalue weighted by Crippen LogP contribution is -2.38. The standard InChI is InChI=1S/C13H18N4O3/c1-10-11(9-14)12(18)15-13(19)17(10)4-2-3-16-5-7-20-8-6-16/h2-8H2,1H3,(H,15,18,19). The van der Waals surface area contributed by atoms with Crippen LogP contribution in [-0.4, -0.2) is 47.3 Å². The number of ether oxygens (including phenoxy) is 1. The van der Waals surface area contributed by atoms with Crippen LogP contribution in [-0.2, 0) is 11.3 Å². The van der Waals surface area contributed by atoms with E-state index in [1.165, 1.54) is 4.57 Å². The Hall–Kier alpha value is -1.91. The molecule has 7 heteroatoms. The Morgan fingerprint density at radius 1 is 1.30 bits per heavy atom. The van der Waals surface area contributed by atoms with Crippen LogP contribution in [0, 0.1) is 18.3 Å². The van der Waals surface area contributed by atoms with E-state index in [0.717, 1.165) is 39.3 Å². The maximum absolute atomic E-state index is 11.8. The number of nitrogens with zero attached hydrogens (tertiary/aromatic N) is 3. The molecule has 20 heavy (non-hydrogen) atoms. The Labute approximate surface area is 116 Å². The minimum Gasteiger partial charge on any atom is -0.379 e. The number of aromatic amines is 1. The smallest absolute Gasteiger partial charge is 0.328 e. The molecule has 1 saturated heterocycles. The van der Waals surface area contributed by atoms with E-state index in [1.807, 2.05) is 6.07 Å². The van der Waals surface area contributed by atoms with Gasteiger partial charge in [0.25, 0.3) is 5.56 Å². The predicted molar refractivity (Wildman–Crippen MR) is 72.7 cm³/mol. The van der Waals surface area contributed by atoms with Crippen molar-refractivity contribution < 1.29 is 4.74 Å². The molecule has 0 amide bonds. The Bertz CT molecular complexity index is 620. The summed E-state index contributed by atoms with van der Waals surface area (Å²) >= 11 is 0. The average molecular weight is 278 g/mol. The summed E-state index contributed by atoms with van der Waals surface area (Å²) in [5.41, 5.74) is -0.618. The minimum absolute atomic E-state index is 0.0102. The normalized spacial score (nSPS) is 16.0. The highest BCUT2D eigenvalue weighted by Crippen LogP contribution is 2.02. The third kappa shape index (κ3) is 3.15. The highest BCUT2D eigenvalue weighted by Gasteiger charge is 2.12. The second kappa shape index (κ2) is 6.50. The zero-order valence-corrected chi connectivity index (χ0v) is 11.5. The van der Waals surface area contributed by atoms with Crippen LogP contribution in [0.15, 0.2) is 9.59 Å². The molecule has 1 aliphatic heterocycles. The molecular formula is C13H18N4O3. The number of hydrogen-bond donors (Lipinski definition) is 1. The second-order valence-corrected chi connectivity index (χ2v) is 4.79. The molecule has 0 saturated carbocycles. The molecule has 108 valence electrons. The molecule has 2 rings (SSSR count). The quantitative estimate of drug-likeness (QED) is 0.797. The van der Waals surface area contributed by atoms with Crippen LogP contribution in [0.4, 0.5) is 0 Å². The number of nitrogens with one attached hydrogen (secondary N) is 1. The van der Waals surface area contributed by atoms with Gasteiger partial charge < -0.3 is 4.74 Å². The van der Waals surface area contributed by atoms with Gasteiger partial charge in [-0.05, 0) is 13.3 Å². The summed E-state index contributed by atoms with van der Waals surface area (Å²) in [6.45, 7) is 6.30. The molecule has 0 unspecified atom stereocenters. The van der Waals surface area contributed by atoms with Crippen molar-refractivity contribution >= 4 is 0 Å². The first kappa shape index (κ1) is 14.5. The fraction of sp³-hybridized carbons (Fsp3) is 0.615. The Morgan fingerprint density at radius 2 is 2.00 bits per heavy atom. The van der Waals surface area contributed by atoms with Gasteiger partial charge in [-0.1, -0.05) is 0 Å². The van der Waals surface area contributed by atoms with Gasteiger partial charge in [0.2, 0.25) is 0 Å². The van der Waals surface area contributed by atoms with E-state index in [-0.39, 0.29) is 5.56 Å². The van der Waals surface area contributed by atoms with Gasteiger partial charge in [-0.2, -0.15) is 5.26 Å². The molecule has 1 aromatic rings. The summed E-state index contributed by atoms with van der Waals surface area (Å²) in [5.74, 6) is 0. The van der Waals surface area contributed by atoms with Crippen LogP contribution in [0.3, 0.4) is 0 Å². The SMILES string of the molecule is Cc1c(C#N)c(=O)[nH]c(=O)n1CCCN1CCOCC1. The van der Waals surface area contributed by atoms with Crippen LogP contribution in [0.25, 0.3) is 0 Å². The van der Waals surface area contributed by atoms with Crippen LogP contribution in [0.2, 0.25) is 0 Å². The summed E-state index contributed by atoms with van der Waals surface area (Å²) in [4.78, 5) is 27.7. The fourth-order valence-electron chi connectivity index (χ4n) is 2.36.